The number of ether oxygens (including phenoxy) is 1. The minimum Gasteiger partial charge on any atom is -0.361 e. The summed E-state index contributed by atoms with van der Waals surface area (Å²) in [4.78, 5) is 33.6. The van der Waals surface area contributed by atoms with Crippen LogP contribution in [0.3, 0.4) is 0 Å². The molecule has 3 aromatic rings. The fourth-order valence-corrected chi connectivity index (χ4v) is 3.42. The van der Waals surface area contributed by atoms with E-state index in [1.165, 1.54) is 47.6 Å². The van der Waals surface area contributed by atoms with Gasteiger partial charge in [-0.1, -0.05) is 30.3 Å². The molecule has 3 aromatic carbocycles. The number of nitrogens with zero attached hydrogens (tertiary/aromatic N) is 4. The monoisotopic (exact) mass is 446 g/mol. The van der Waals surface area contributed by atoms with Crippen molar-refractivity contribution < 1.29 is 19.4 Å². The van der Waals surface area contributed by atoms with Gasteiger partial charge in [-0.3, -0.25) is 25.0 Å². The van der Waals surface area contributed by atoms with Crippen molar-refractivity contribution in [1.82, 2.24) is 5.01 Å². The average molecular weight is 446 g/mol. The van der Waals surface area contributed by atoms with Crippen LogP contribution in [0.1, 0.15) is 22.7 Å². The van der Waals surface area contributed by atoms with Crippen LogP contribution in [-0.4, -0.2) is 33.1 Å². The molecule has 0 unspecified atom stereocenters. The molecule has 10 nitrogen and oxygen atoms in total. The number of hydrogen-bond acceptors (Lipinski definition) is 7. The highest BCUT2D eigenvalue weighted by atomic mass is 16.6. The summed E-state index contributed by atoms with van der Waals surface area (Å²) in [6.07, 6.45) is 0.619. The van der Waals surface area contributed by atoms with Crippen molar-refractivity contribution in [3.63, 3.8) is 0 Å². The zero-order valence-corrected chi connectivity index (χ0v) is 17.2. The minimum atomic E-state index is -0.805. The second-order valence-corrected chi connectivity index (χ2v) is 7.29. The molecule has 0 saturated carbocycles. The molecule has 1 aliphatic rings. The Morgan fingerprint density at radius 1 is 0.879 bits per heavy atom. The second kappa shape index (κ2) is 9.37. The number of β-lactam (4-membered cyclic amide) rings is 1. The van der Waals surface area contributed by atoms with Gasteiger partial charge < -0.3 is 4.74 Å². The molecule has 1 aliphatic heterocycles. The van der Waals surface area contributed by atoms with E-state index in [1.54, 1.807) is 12.1 Å². The Bertz CT molecular complexity index is 1200. The molecule has 166 valence electrons. The van der Waals surface area contributed by atoms with Gasteiger partial charge in [0.05, 0.1) is 22.7 Å². The SMILES string of the molecule is O=C1[C@@H](OCc2ccccc2)[C@@H](c2ccc([N+](=O)[O-])cc2)N1/N=C\c1ccc([N+](=O)[O-])cc1. The fourth-order valence-electron chi connectivity index (χ4n) is 3.42. The predicted octanol–water partition coefficient (Wildman–Crippen LogP) is 4.01. The summed E-state index contributed by atoms with van der Waals surface area (Å²) in [6.45, 7) is 0.223. The second-order valence-electron chi connectivity index (χ2n) is 7.29. The number of carbonyl (C=O) groups is 1. The van der Waals surface area contributed by atoms with Crippen LogP contribution >= 0.6 is 0 Å². The molecule has 0 aliphatic carbocycles. The molecule has 1 saturated heterocycles. The van der Waals surface area contributed by atoms with E-state index in [0.717, 1.165) is 5.56 Å². The largest absolute Gasteiger partial charge is 0.361 e. The zero-order chi connectivity index (χ0) is 23.4. The summed E-state index contributed by atoms with van der Waals surface area (Å²) < 4.78 is 5.87. The molecule has 4 rings (SSSR count). The zero-order valence-electron chi connectivity index (χ0n) is 17.2. The number of hydrogen-bond donors (Lipinski definition) is 0. The molecule has 10 heteroatoms. The van der Waals surface area contributed by atoms with Crippen LogP contribution in [0.4, 0.5) is 11.4 Å². The van der Waals surface area contributed by atoms with Crippen LogP contribution in [0, 0.1) is 20.2 Å². The highest BCUT2D eigenvalue weighted by Gasteiger charge is 2.49. The van der Waals surface area contributed by atoms with Crippen molar-refractivity contribution in [2.75, 3.05) is 0 Å². The molecule has 2 atom stereocenters. The maximum atomic E-state index is 12.8. The van der Waals surface area contributed by atoms with E-state index in [0.29, 0.717) is 11.1 Å². The Balaban J connectivity index is 1.55. The molecule has 0 N–H and O–H groups in total. The first-order valence-electron chi connectivity index (χ1n) is 9.95. The first-order chi connectivity index (χ1) is 15.9. The van der Waals surface area contributed by atoms with Crippen molar-refractivity contribution in [2.45, 2.75) is 18.8 Å². The lowest BCUT2D eigenvalue weighted by molar-refractivity contribution is -0.385. The van der Waals surface area contributed by atoms with E-state index < -0.39 is 22.0 Å². The van der Waals surface area contributed by atoms with E-state index in [9.17, 15) is 25.0 Å². The Morgan fingerprint density at radius 3 is 2.03 bits per heavy atom. The van der Waals surface area contributed by atoms with Crippen molar-refractivity contribution >= 4 is 23.5 Å². The van der Waals surface area contributed by atoms with E-state index in [-0.39, 0.29) is 23.9 Å². The Morgan fingerprint density at radius 2 is 1.45 bits per heavy atom. The summed E-state index contributed by atoms with van der Waals surface area (Å²) in [5.41, 5.74) is 2.00. The summed E-state index contributed by atoms with van der Waals surface area (Å²) in [7, 11) is 0. The van der Waals surface area contributed by atoms with Gasteiger partial charge in [0.1, 0.15) is 6.04 Å². The number of rotatable bonds is 8. The quantitative estimate of drug-likeness (QED) is 0.223. The lowest BCUT2D eigenvalue weighted by Crippen LogP contribution is -2.57. The lowest BCUT2D eigenvalue weighted by Gasteiger charge is -2.43. The van der Waals surface area contributed by atoms with E-state index in [1.807, 2.05) is 30.3 Å². The van der Waals surface area contributed by atoms with Crippen LogP contribution in [-0.2, 0) is 16.1 Å². The van der Waals surface area contributed by atoms with Gasteiger partial charge >= 0.3 is 0 Å². The number of nitro groups is 2. The summed E-state index contributed by atoms with van der Waals surface area (Å²) >= 11 is 0. The van der Waals surface area contributed by atoms with Gasteiger partial charge in [-0.05, 0) is 41.0 Å². The van der Waals surface area contributed by atoms with Gasteiger partial charge in [-0.2, -0.15) is 5.10 Å². The minimum absolute atomic E-state index is 0.0506. The Labute approximate surface area is 188 Å². The molecule has 1 heterocycles. The molecule has 0 aromatic heterocycles. The summed E-state index contributed by atoms with van der Waals surface area (Å²) in [5.74, 6) is -0.354. The Kier molecular flexibility index (Phi) is 6.18. The average Bonchev–Trinajstić information content (AvgIpc) is 2.83. The molecule has 1 fully saturated rings. The van der Waals surface area contributed by atoms with Gasteiger partial charge in [-0.25, -0.2) is 5.01 Å². The molecule has 0 radical (unpaired) electrons. The molecular formula is C23H18N4O6. The van der Waals surface area contributed by atoms with Gasteiger partial charge in [0.15, 0.2) is 6.10 Å². The van der Waals surface area contributed by atoms with Crippen LogP contribution in [0.2, 0.25) is 0 Å². The molecule has 0 bridgehead atoms. The number of non-ortho nitro benzene ring substituents is 2. The molecular weight excluding hydrogens is 428 g/mol. The summed E-state index contributed by atoms with van der Waals surface area (Å²) in [6, 6.07) is 20.4. The van der Waals surface area contributed by atoms with Gasteiger partial charge in [0.25, 0.3) is 17.3 Å². The van der Waals surface area contributed by atoms with Crippen LogP contribution < -0.4 is 0 Å². The Hall–Kier alpha value is -4.44. The third-order valence-electron chi connectivity index (χ3n) is 5.17. The van der Waals surface area contributed by atoms with Crippen molar-refractivity contribution in [1.29, 1.82) is 0 Å². The van der Waals surface area contributed by atoms with Gasteiger partial charge in [-0.15, -0.1) is 0 Å². The molecule has 33 heavy (non-hydrogen) atoms. The maximum absolute atomic E-state index is 12.8. The first kappa shape index (κ1) is 21.8. The van der Waals surface area contributed by atoms with E-state index >= 15 is 0 Å². The number of nitro benzene ring substituents is 2. The van der Waals surface area contributed by atoms with Crippen molar-refractivity contribution in [3.05, 3.63) is 116 Å². The third kappa shape index (κ3) is 4.75. The predicted molar refractivity (Wildman–Crippen MR) is 118 cm³/mol. The third-order valence-corrected chi connectivity index (χ3v) is 5.17. The highest BCUT2D eigenvalue weighted by Crippen LogP contribution is 2.38. The number of hydrazone groups is 1. The number of benzene rings is 3. The normalized spacial score (nSPS) is 17.7. The number of carbonyl (C=O) groups excluding carboxylic acids is 1. The van der Waals surface area contributed by atoms with Crippen molar-refractivity contribution in [3.8, 4) is 0 Å². The van der Waals surface area contributed by atoms with E-state index in [4.69, 9.17) is 4.74 Å². The smallest absolute Gasteiger partial charge is 0.275 e. The fraction of sp³-hybridized carbons (Fsp3) is 0.130. The van der Waals surface area contributed by atoms with Gasteiger partial charge in [0, 0.05) is 24.3 Å². The van der Waals surface area contributed by atoms with Crippen LogP contribution in [0.15, 0.2) is 84.0 Å². The highest BCUT2D eigenvalue weighted by molar-refractivity contribution is 5.90. The lowest BCUT2D eigenvalue weighted by atomic mass is 9.92. The first-order valence-corrected chi connectivity index (χ1v) is 9.95. The maximum Gasteiger partial charge on any atom is 0.275 e. The number of amides is 1. The van der Waals surface area contributed by atoms with Crippen LogP contribution in [0.25, 0.3) is 0 Å². The standard InChI is InChI=1S/C23H18N4O6/c28-23-22(33-15-17-4-2-1-3-5-17)21(18-8-12-20(13-9-18)27(31)32)25(23)24-14-16-6-10-19(11-7-16)26(29)30/h1-14,21-22H,15H2/b24-14-/t21-,22+/m1/s1. The molecule has 1 amide bonds. The van der Waals surface area contributed by atoms with Crippen molar-refractivity contribution in [2.24, 2.45) is 5.10 Å². The summed E-state index contributed by atoms with van der Waals surface area (Å²) in [5, 5.41) is 27.3. The molecule has 0 spiro atoms. The topological polar surface area (TPSA) is 128 Å². The van der Waals surface area contributed by atoms with Crippen LogP contribution in [0.5, 0.6) is 0 Å². The van der Waals surface area contributed by atoms with Gasteiger partial charge in [0.2, 0.25) is 0 Å². The van der Waals surface area contributed by atoms with E-state index in [2.05, 4.69) is 5.10 Å².